The molecular weight excluding hydrogens is 312 g/mol. The van der Waals surface area contributed by atoms with Crippen molar-refractivity contribution in [2.45, 2.75) is 24.2 Å². The maximum atomic E-state index is 13.9. The third-order valence-corrected chi connectivity index (χ3v) is 4.37. The van der Waals surface area contributed by atoms with E-state index in [0.717, 1.165) is 19.3 Å². The third kappa shape index (κ3) is 3.67. The zero-order chi connectivity index (χ0) is 14.9. The molecule has 0 heterocycles. The van der Waals surface area contributed by atoms with Crippen molar-refractivity contribution >= 4 is 25.6 Å². The number of benzene rings is 1. The topological polar surface area (TPSA) is 63.2 Å². The predicted octanol–water partition coefficient (Wildman–Crippen LogP) is 2.42. The van der Waals surface area contributed by atoms with E-state index in [0.29, 0.717) is 24.6 Å². The molecule has 1 amide bonds. The third-order valence-electron chi connectivity index (χ3n) is 3.05. The Bertz CT molecular complexity index is 644. The first-order valence-electron chi connectivity index (χ1n) is 6.01. The van der Waals surface area contributed by atoms with Gasteiger partial charge >= 0.3 is 0 Å². The Balaban J connectivity index is 2.21. The van der Waals surface area contributed by atoms with Crippen LogP contribution >= 0.6 is 10.7 Å². The number of amides is 1. The minimum Gasteiger partial charge on any atom is -0.352 e. The first-order chi connectivity index (χ1) is 9.29. The Morgan fingerprint density at radius 1 is 1.35 bits per heavy atom. The van der Waals surface area contributed by atoms with Crippen LogP contribution in [0.15, 0.2) is 17.0 Å². The van der Waals surface area contributed by atoms with Crippen molar-refractivity contribution in [3.63, 3.8) is 0 Å². The molecule has 1 saturated carbocycles. The fourth-order valence-corrected chi connectivity index (χ4v) is 2.71. The van der Waals surface area contributed by atoms with E-state index < -0.39 is 37.1 Å². The summed E-state index contributed by atoms with van der Waals surface area (Å²) in [4.78, 5) is 10.7. The Labute approximate surface area is 119 Å². The lowest BCUT2D eigenvalue weighted by molar-refractivity contribution is 0.0947. The average molecular weight is 324 g/mol. The standard InChI is InChI=1S/C12H12ClF2NO3S/c13-20(18,19)10-6-8(14)5-9(11(10)15)12(17)16-4-3-7-1-2-7/h5-7H,1-4H2,(H,16,17). The Hall–Kier alpha value is -1.21. The van der Waals surface area contributed by atoms with Gasteiger partial charge in [-0.05, 0) is 24.5 Å². The molecule has 0 bridgehead atoms. The van der Waals surface area contributed by atoms with Crippen LogP contribution in [0.5, 0.6) is 0 Å². The zero-order valence-corrected chi connectivity index (χ0v) is 11.9. The molecule has 1 aromatic rings. The predicted molar refractivity (Wildman–Crippen MR) is 69.1 cm³/mol. The molecule has 1 aromatic carbocycles. The molecule has 20 heavy (non-hydrogen) atoms. The quantitative estimate of drug-likeness (QED) is 0.846. The number of hydrogen-bond donors (Lipinski definition) is 1. The van der Waals surface area contributed by atoms with E-state index in [9.17, 15) is 22.0 Å². The highest BCUT2D eigenvalue weighted by Gasteiger charge is 2.25. The summed E-state index contributed by atoms with van der Waals surface area (Å²) in [5.74, 6) is -2.67. The van der Waals surface area contributed by atoms with Crippen molar-refractivity contribution < 1.29 is 22.0 Å². The van der Waals surface area contributed by atoms with Crippen molar-refractivity contribution in [1.29, 1.82) is 0 Å². The van der Waals surface area contributed by atoms with Gasteiger partial charge in [-0.15, -0.1) is 0 Å². The van der Waals surface area contributed by atoms with Crippen LogP contribution in [0.2, 0.25) is 0 Å². The molecule has 0 aliphatic heterocycles. The van der Waals surface area contributed by atoms with Crippen LogP contribution in [0.4, 0.5) is 8.78 Å². The molecule has 0 aromatic heterocycles. The highest BCUT2D eigenvalue weighted by molar-refractivity contribution is 8.13. The van der Waals surface area contributed by atoms with E-state index in [2.05, 4.69) is 5.32 Å². The summed E-state index contributed by atoms with van der Waals surface area (Å²) in [5.41, 5.74) is -0.667. The summed E-state index contributed by atoms with van der Waals surface area (Å²) in [6.07, 6.45) is 2.99. The van der Waals surface area contributed by atoms with Crippen molar-refractivity contribution in [3.8, 4) is 0 Å². The fourth-order valence-electron chi connectivity index (χ4n) is 1.80. The molecule has 8 heteroatoms. The second-order valence-electron chi connectivity index (χ2n) is 4.69. The van der Waals surface area contributed by atoms with Crippen LogP contribution in [-0.4, -0.2) is 20.9 Å². The van der Waals surface area contributed by atoms with Gasteiger partial charge in [-0.2, -0.15) is 0 Å². The molecule has 4 nitrogen and oxygen atoms in total. The molecule has 1 N–H and O–H groups in total. The lowest BCUT2D eigenvalue weighted by Gasteiger charge is -2.08. The first kappa shape index (κ1) is 15.2. The van der Waals surface area contributed by atoms with Gasteiger partial charge in [0, 0.05) is 17.2 Å². The minimum absolute atomic E-state index is 0.336. The van der Waals surface area contributed by atoms with E-state index in [1.807, 2.05) is 0 Å². The Kier molecular flexibility index (Phi) is 4.29. The van der Waals surface area contributed by atoms with Gasteiger partial charge in [0.05, 0.1) is 5.56 Å². The summed E-state index contributed by atoms with van der Waals surface area (Å²) >= 11 is 0. The van der Waals surface area contributed by atoms with Gasteiger partial charge < -0.3 is 5.32 Å². The summed E-state index contributed by atoms with van der Waals surface area (Å²) in [6, 6.07) is 1.09. The van der Waals surface area contributed by atoms with E-state index in [1.54, 1.807) is 0 Å². The van der Waals surface area contributed by atoms with Crippen LogP contribution < -0.4 is 5.32 Å². The monoisotopic (exact) mass is 323 g/mol. The number of rotatable bonds is 5. The molecule has 1 aliphatic carbocycles. The van der Waals surface area contributed by atoms with E-state index >= 15 is 0 Å². The van der Waals surface area contributed by atoms with Gasteiger partial charge in [-0.1, -0.05) is 12.8 Å². The highest BCUT2D eigenvalue weighted by atomic mass is 35.7. The number of hydrogen-bond acceptors (Lipinski definition) is 3. The van der Waals surface area contributed by atoms with Gasteiger partial charge in [-0.3, -0.25) is 4.79 Å². The number of carbonyl (C=O) groups is 1. The molecular formula is C12H12ClF2NO3S. The van der Waals surface area contributed by atoms with Crippen LogP contribution in [0.1, 0.15) is 29.6 Å². The lowest BCUT2D eigenvalue weighted by Crippen LogP contribution is -2.26. The van der Waals surface area contributed by atoms with Crippen molar-refractivity contribution in [2.24, 2.45) is 5.92 Å². The largest absolute Gasteiger partial charge is 0.352 e. The Morgan fingerprint density at radius 2 is 2.00 bits per heavy atom. The molecule has 1 fully saturated rings. The first-order valence-corrected chi connectivity index (χ1v) is 8.32. The molecule has 0 spiro atoms. The molecule has 0 atom stereocenters. The second kappa shape index (κ2) is 5.65. The van der Waals surface area contributed by atoms with Crippen LogP contribution in [0.25, 0.3) is 0 Å². The SMILES string of the molecule is O=C(NCCC1CC1)c1cc(F)cc(S(=O)(=O)Cl)c1F. The van der Waals surface area contributed by atoms with Crippen LogP contribution in [0.3, 0.4) is 0 Å². The minimum atomic E-state index is -4.46. The molecule has 0 unspecified atom stereocenters. The normalized spacial score (nSPS) is 15.2. The second-order valence-corrected chi connectivity index (χ2v) is 7.23. The number of nitrogens with one attached hydrogen (secondary N) is 1. The van der Waals surface area contributed by atoms with Gasteiger partial charge in [-0.25, -0.2) is 17.2 Å². The Morgan fingerprint density at radius 3 is 2.55 bits per heavy atom. The van der Waals surface area contributed by atoms with E-state index in [-0.39, 0.29) is 0 Å². The maximum Gasteiger partial charge on any atom is 0.264 e. The summed E-state index contributed by atoms with van der Waals surface area (Å²) in [7, 11) is 0.542. The van der Waals surface area contributed by atoms with Gasteiger partial charge in [0.1, 0.15) is 10.7 Å². The van der Waals surface area contributed by atoms with E-state index in [1.165, 1.54) is 0 Å². The lowest BCUT2D eigenvalue weighted by atomic mass is 10.2. The van der Waals surface area contributed by atoms with Crippen molar-refractivity contribution in [1.82, 2.24) is 5.32 Å². The molecule has 0 radical (unpaired) electrons. The molecule has 0 saturated heterocycles. The molecule has 2 rings (SSSR count). The van der Waals surface area contributed by atoms with Crippen molar-refractivity contribution in [3.05, 3.63) is 29.3 Å². The van der Waals surface area contributed by atoms with Gasteiger partial charge in [0.15, 0.2) is 5.82 Å². The smallest absolute Gasteiger partial charge is 0.264 e. The molecule has 110 valence electrons. The summed E-state index contributed by atoms with van der Waals surface area (Å²) in [5, 5.41) is 2.43. The van der Waals surface area contributed by atoms with Crippen LogP contribution in [-0.2, 0) is 9.05 Å². The maximum absolute atomic E-state index is 13.9. The number of carbonyl (C=O) groups excluding carboxylic acids is 1. The number of halogens is 3. The van der Waals surface area contributed by atoms with E-state index in [4.69, 9.17) is 10.7 Å². The van der Waals surface area contributed by atoms with Crippen LogP contribution in [0, 0.1) is 17.6 Å². The highest BCUT2D eigenvalue weighted by Crippen LogP contribution is 2.31. The zero-order valence-electron chi connectivity index (χ0n) is 10.3. The summed E-state index contributed by atoms with van der Waals surface area (Å²) in [6.45, 7) is 0.336. The molecule has 1 aliphatic rings. The average Bonchev–Trinajstić information content (AvgIpc) is 3.14. The van der Waals surface area contributed by atoms with Crippen molar-refractivity contribution in [2.75, 3.05) is 6.54 Å². The fraction of sp³-hybridized carbons (Fsp3) is 0.417. The van der Waals surface area contributed by atoms with Gasteiger partial charge in [0.2, 0.25) is 0 Å². The van der Waals surface area contributed by atoms with Gasteiger partial charge in [0.25, 0.3) is 15.0 Å². The summed E-state index contributed by atoms with van der Waals surface area (Å²) < 4.78 is 49.4.